The van der Waals surface area contributed by atoms with Crippen molar-refractivity contribution in [3.05, 3.63) is 23.8 Å². The number of rotatable bonds is 7. The fraction of sp³-hybridized carbons (Fsp3) is 0.500. The Hall–Kier alpha value is -1.16. The number of carbonyl (C=O) groups excluding carboxylic acids is 1. The minimum Gasteiger partial charge on any atom is -0.454 e. The number of Topliss-reactive ketones (excluding diaryl/α,β-unsaturated/α-hetero) is 1. The Morgan fingerprint density at radius 3 is 2.94 bits per heavy atom. The molecule has 0 aromatic heterocycles. The normalized spacial score (nSPS) is 12.7. The van der Waals surface area contributed by atoms with Crippen LogP contribution in [0.1, 0.15) is 36.5 Å². The highest BCUT2D eigenvalue weighted by atomic mass is 32.2. The zero-order valence-corrected chi connectivity index (χ0v) is 11.4. The smallest absolute Gasteiger partial charge is 0.231 e. The standard InChI is InChI=1S/C14H18O3S/c1-2-3-4-7-18-9-12(15)11-5-6-13-14(8-11)17-10-16-13/h5-6,8H,2-4,7,9-10H2,1H3. The van der Waals surface area contributed by atoms with Gasteiger partial charge in [0.2, 0.25) is 6.79 Å². The third-order valence-electron chi connectivity index (χ3n) is 2.82. The highest BCUT2D eigenvalue weighted by Gasteiger charge is 2.15. The number of ketones is 1. The van der Waals surface area contributed by atoms with Crippen molar-refractivity contribution in [2.45, 2.75) is 26.2 Å². The van der Waals surface area contributed by atoms with Crippen molar-refractivity contribution in [3.63, 3.8) is 0 Å². The number of hydrogen-bond donors (Lipinski definition) is 0. The fourth-order valence-electron chi connectivity index (χ4n) is 1.77. The number of thioether (sulfide) groups is 1. The molecule has 1 aliphatic rings. The van der Waals surface area contributed by atoms with Gasteiger partial charge in [-0.3, -0.25) is 4.79 Å². The zero-order chi connectivity index (χ0) is 12.8. The second-order valence-electron chi connectivity index (χ2n) is 4.25. The monoisotopic (exact) mass is 266 g/mol. The van der Waals surface area contributed by atoms with Gasteiger partial charge < -0.3 is 9.47 Å². The first kappa shape index (κ1) is 13.3. The molecule has 0 amide bonds. The predicted molar refractivity (Wildman–Crippen MR) is 73.7 cm³/mol. The van der Waals surface area contributed by atoms with Gasteiger partial charge in [0.25, 0.3) is 0 Å². The third kappa shape index (κ3) is 3.42. The van der Waals surface area contributed by atoms with Gasteiger partial charge in [0.05, 0.1) is 5.75 Å². The molecule has 1 heterocycles. The maximum Gasteiger partial charge on any atom is 0.231 e. The van der Waals surface area contributed by atoms with E-state index in [-0.39, 0.29) is 12.6 Å². The molecule has 2 rings (SSSR count). The number of unbranched alkanes of at least 4 members (excludes halogenated alkanes) is 2. The van der Waals surface area contributed by atoms with Crippen LogP contribution < -0.4 is 9.47 Å². The summed E-state index contributed by atoms with van der Waals surface area (Å²) in [5.41, 5.74) is 0.710. The van der Waals surface area contributed by atoms with E-state index >= 15 is 0 Å². The summed E-state index contributed by atoms with van der Waals surface area (Å²) in [7, 11) is 0. The van der Waals surface area contributed by atoms with Crippen LogP contribution in [-0.4, -0.2) is 24.1 Å². The molecule has 0 aliphatic carbocycles. The Bertz CT molecular complexity index is 418. The largest absolute Gasteiger partial charge is 0.454 e. The maximum atomic E-state index is 12.0. The van der Waals surface area contributed by atoms with Crippen molar-refractivity contribution in [1.82, 2.24) is 0 Å². The molecule has 0 saturated heterocycles. The minimum atomic E-state index is 0.162. The van der Waals surface area contributed by atoms with E-state index in [1.54, 1.807) is 23.9 Å². The minimum absolute atomic E-state index is 0.162. The maximum absolute atomic E-state index is 12.0. The molecular formula is C14H18O3S. The molecule has 0 atom stereocenters. The Morgan fingerprint density at radius 2 is 2.11 bits per heavy atom. The average molecular weight is 266 g/mol. The summed E-state index contributed by atoms with van der Waals surface area (Å²) in [6.45, 7) is 2.43. The van der Waals surface area contributed by atoms with Crippen LogP contribution in [-0.2, 0) is 0 Å². The van der Waals surface area contributed by atoms with Gasteiger partial charge in [0.1, 0.15) is 0 Å². The van der Waals surface area contributed by atoms with Crippen LogP contribution in [0.3, 0.4) is 0 Å². The van der Waals surface area contributed by atoms with Crippen molar-refractivity contribution < 1.29 is 14.3 Å². The molecule has 0 bridgehead atoms. The first-order valence-corrected chi connectivity index (χ1v) is 7.47. The van der Waals surface area contributed by atoms with Gasteiger partial charge in [-0.1, -0.05) is 19.8 Å². The van der Waals surface area contributed by atoms with Gasteiger partial charge in [-0.2, -0.15) is 11.8 Å². The summed E-state index contributed by atoms with van der Waals surface area (Å²) in [6.07, 6.45) is 3.65. The van der Waals surface area contributed by atoms with Crippen molar-refractivity contribution in [3.8, 4) is 11.5 Å². The molecule has 18 heavy (non-hydrogen) atoms. The Morgan fingerprint density at radius 1 is 1.28 bits per heavy atom. The number of hydrogen-bond acceptors (Lipinski definition) is 4. The topological polar surface area (TPSA) is 35.5 Å². The summed E-state index contributed by atoms with van der Waals surface area (Å²) in [6, 6.07) is 5.39. The third-order valence-corrected chi connectivity index (χ3v) is 3.86. The van der Waals surface area contributed by atoms with Gasteiger partial charge in [-0.25, -0.2) is 0 Å². The number of ether oxygens (including phenoxy) is 2. The molecule has 1 aromatic rings. The quantitative estimate of drug-likeness (QED) is 0.559. The molecule has 0 radical (unpaired) electrons. The molecule has 0 fully saturated rings. The van der Waals surface area contributed by atoms with E-state index in [2.05, 4.69) is 6.92 Å². The molecular weight excluding hydrogens is 248 g/mol. The lowest BCUT2D eigenvalue weighted by Gasteiger charge is -2.03. The molecule has 0 spiro atoms. The summed E-state index contributed by atoms with van der Waals surface area (Å²) < 4.78 is 10.5. The lowest BCUT2D eigenvalue weighted by molar-refractivity contribution is 0.102. The van der Waals surface area contributed by atoms with Gasteiger partial charge >= 0.3 is 0 Å². The Labute approximate surface area is 112 Å². The molecule has 0 N–H and O–H groups in total. The van der Waals surface area contributed by atoms with Crippen LogP contribution in [0.2, 0.25) is 0 Å². The van der Waals surface area contributed by atoms with Crippen LogP contribution in [0.4, 0.5) is 0 Å². The SMILES string of the molecule is CCCCCSCC(=O)c1ccc2c(c1)OCO2. The van der Waals surface area contributed by atoms with Crippen molar-refractivity contribution in [2.24, 2.45) is 0 Å². The van der Waals surface area contributed by atoms with E-state index in [0.717, 1.165) is 11.5 Å². The van der Waals surface area contributed by atoms with Gasteiger partial charge in [0.15, 0.2) is 17.3 Å². The van der Waals surface area contributed by atoms with E-state index in [1.165, 1.54) is 19.3 Å². The molecule has 0 unspecified atom stereocenters. The number of fused-ring (bicyclic) bond motifs is 1. The van der Waals surface area contributed by atoms with Gasteiger partial charge in [-0.05, 0) is 30.4 Å². The first-order valence-electron chi connectivity index (χ1n) is 6.32. The van der Waals surface area contributed by atoms with Crippen LogP contribution in [0, 0.1) is 0 Å². The van der Waals surface area contributed by atoms with E-state index in [0.29, 0.717) is 17.1 Å². The van der Waals surface area contributed by atoms with E-state index in [1.807, 2.05) is 6.07 Å². The fourth-order valence-corrected chi connectivity index (χ4v) is 2.68. The number of benzene rings is 1. The van der Waals surface area contributed by atoms with Crippen molar-refractivity contribution in [2.75, 3.05) is 18.3 Å². The van der Waals surface area contributed by atoms with E-state index in [9.17, 15) is 4.79 Å². The lowest BCUT2D eigenvalue weighted by Crippen LogP contribution is -2.03. The number of carbonyl (C=O) groups is 1. The highest BCUT2D eigenvalue weighted by molar-refractivity contribution is 7.99. The Balaban J connectivity index is 1.82. The van der Waals surface area contributed by atoms with E-state index < -0.39 is 0 Å². The van der Waals surface area contributed by atoms with Crippen molar-refractivity contribution >= 4 is 17.5 Å². The van der Waals surface area contributed by atoms with Gasteiger partial charge in [-0.15, -0.1) is 0 Å². The summed E-state index contributed by atoms with van der Waals surface area (Å²) in [5, 5.41) is 0. The van der Waals surface area contributed by atoms with Gasteiger partial charge in [0, 0.05) is 5.56 Å². The van der Waals surface area contributed by atoms with E-state index in [4.69, 9.17) is 9.47 Å². The highest BCUT2D eigenvalue weighted by Crippen LogP contribution is 2.32. The van der Waals surface area contributed by atoms with Crippen LogP contribution in [0.25, 0.3) is 0 Å². The second-order valence-corrected chi connectivity index (χ2v) is 5.36. The van der Waals surface area contributed by atoms with Crippen LogP contribution in [0.5, 0.6) is 11.5 Å². The molecule has 98 valence electrons. The first-order chi connectivity index (χ1) is 8.81. The summed E-state index contributed by atoms with van der Waals surface area (Å²) in [4.78, 5) is 12.0. The molecule has 4 heteroatoms. The Kier molecular flexibility index (Phi) is 4.93. The predicted octanol–water partition coefficient (Wildman–Crippen LogP) is 3.52. The lowest BCUT2D eigenvalue weighted by atomic mass is 10.1. The molecule has 3 nitrogen and oxygen atoms in total. The average Bonchev–Trinajstić information content (AvgIpc) is 2.85. The molecule has 1 aromatic carbocycles. The molecule has 0 saturated carbocycles. The van der Waals surface area contributed by atoms with Crippen LogP contribution >= 0.6 is 11.8 Å². The second kappa shape index (κ2) is 6.69. The van der Waals surface area contributed by atoms with Crippen LogP contribution in [0.15, 0.2) is 18.2 Å². The molecule has 1 aliphatic heterocycles. The summed E-state index contributed by atoms with van der Waals surface area (Å²) >= 11 is 1.71. The van der Waals surface area contributed by atoms with Crippen molar-refractivity contribution in [1.29, 1.82) is 0 Å². The summed E-state index contributed by atoms with van der Waals surface area (Å²) in [5.74, 6) is 3.17. The zero-order valence-electron chi connectivity index (χ0n) is 10.6.